The molecule has 3 fully saturated rings. The van der Waals surface area contributed by atoms with Crippen molar-refractivity contribution in [3.05, 3.63) is 58.8 Å². The molecule has 280 valence electrons. The minimum atomic E-state index is -3.46. The molecule has 13 nitrogen and oxygen atoms in total. The molecule has 4 N–H and O–H groups in total. The number of piperidine rings is 1. The van der Waals surface area contributed by atoms with Crippen LogP contribution in [0.5, 0.6) is 5.75 Å². The lowest BCUT2D eigenvalue weighted by Crippen LogP contribution is -2.53. The number of para-hydroxylation sites is 2. The van der Waals surface area contributed by atoms with Crippen molar-refractivity contribution in [2.75, 3.05) is 93.5 Å². The summed E-state index contributed by atoms with van der Waals surface area (Å²) in [5.41, 5.74) is 4.26. The third-order valence-electron chi connectivity index (χ3n) is 10.0. The van der Waals surface area contributed by atoms with Gasteiger partial charge in [0.2, 0.25) is 16.0 Å². The number of piperazine rings is 1. The molecule has 2 aromatic carbocycles. The van der Waals surface area contributed by atoms with Crippen molar-refractivity contribution in [2.45, 2.75) is 37.0 Å². The highest BCUT2D eigenvalue weighted by Crippen LogP contribution is 2.40. The Morgan fingerprint density at radius 3 is 2.46 bits per heavy atom. The maximum atomic E-state index is 13.1. The molecule has 0 radical (unpaired) electrons. The Labute approximate surface area is 314 Å². The number of hydrogen-bond donors (Lipinski definition) is 4. The van der Waals surface area contributed by atoms with Gasteiger partial charge in [0.05, 0.1) is 33.9 Å². The van der Waals surface area contributed by atoms with E-state index in [-0.39, 0.29) is 11.9 Å². The van der Waals surface area contributed by atoms with Gasteiger partial charge in [-0.15, -0.1) is 0 Å². The highest BCUT2D eigenvalue weighted by Gasteiger charge is 2.39. The van der Waals surface area contributed by atoms with Crippen LogP contribution >= 0.6 is 15.9 Å². The van der Waals surface area contributed by atoms with Crippen LogP contribution in [0.4, 0.5) is 38.9 Å². The molecule has 0 bridgehead atoms. The van der Waals surface area contributed by atoms with Crippen LogP contribution in [0, 0.1) is 5.41 Å². The first-order chi connectivity index (χ1) is 25.2. The van der Waals surface area contributed by atoms with E-state index in [0.717, 1.165) is 63.4 Å². The summed E-state index contributed by atoms with van der Waals surface area (Å²) in [6.07, 6.45) is 8.14. The van der Waals surface area contributed by atoms with Crippen LogP contribution in [0.25, 0.3) is 5.57 Å². The fourth-order valence-electron chi connectivity index (χ4n) is 6.97. The zero-order valence-electron chi connectivity index (χ0n) is 29.9. The highest BCUT2D eigenvalue weighted by atomic mass is 79.9. The smallest absolute Gasteiger partial charge is 0.237 e. The van der Waals surface area contributed by atoms with E-state index in [1.54, 1.807) is 32.5 Å². The number of nitrogens with zero attached hydrogens (tertiary/aromatic N) is 6. The zero-order valence-corrected chi connectivity index (χ0v) is 32.3. The zero-order chi connectivity index (χ0) is 36.8. The van der Waals surface area contributed by atoms with E-state index in [0.29, 0.717) is 70.1 Å². The first-order valence-electron chi connectivity index (χ1n) is 17.7. The van der Waals surface area contributed by atoms with E-state index in [1.807, 2.05) is 37.5 Å². The van der Waals surface area contributed by atoms with Crippen molar-refractivity contribution in [3.8, 4) is 5.75 Å². The van der Waals surface area contributed by atoms with Gasteiger partial charge in [-0.3, -0.25) is 14.1 Å². The van der Waals surface area contributed by atoms with E-state index >= 15 is 0 Å². The molecule has 0 amide bonds. The highest BCUT2D eigenvalue weighted by molar-refractivity contribution is 9.10. The number of halogens is 2. The average Bonchev–Trinajstić information content (AvgIpc) is 4.03. The van der Waals surface area contributed by atoms with Gasteiger partial charge in [-0.1, -0.05) is 12.1 Å². The number of rotatable bonds is 15. The van der Waals surface area contributed by atoms with Gasteiger partial charge in [0.25, 0.3) is 0 Å². The number of allylic oxidation sites excluding steroid dienone is 1. The number of anilines is 6. The Kier molecular flexibility index (Phi) is 12.2. The molecule has 0 unspecified atom stereocenters. The number of alkyl halides is 1. The molecule has 1 aromatic heterocycles. The van der Waals surface area contributed by atoms with Gasteiger partial charge in [-0.25, -0.2) is 17.8 Å². The molecule has 16 heteroatoms. The maximum Gasteiger partial charge on any atom is 0.237 e. The van der Waals surface area contributed by atoms with Gasteiger partial charge in [0, 0.05) is 107 Å². The molecule has 2 aliphatic heterocycles. The molecular weight excluding hydrogens is 751 g/mol. The van der Waals surface area contributed by atoms with E-state index in [1.165, 1.54) is 10.5 Å². The van der Waals surface area contributed by atoms with Crippen LogP contribution in [-0.2, 0) is 10.0 Å². The summed E-state index contributed by atoms with van der Waals surface area (Å²) in [6, 6.07) is 11.7. The van der Waals surface area contributed by atoms with E-state index in [4.69, 9.17) is 15.1 Å². The van der Waals surface area contributed by atoms with Crippen LogP contribution in [-0.4, -0.2) is 119 Å². The number of nitrogens with one attached hydrogen (secondary N) is 4. The van der Waals surface area contributed by atoms with Crippen LogP contribution in [0.3, 0.4) is 0 Å². The predicted molar refractivity (Wildman–Crippen MR) is 211 cm³/mol. The number of ether oxygens (including phenoxy) is 1. The standard InChI is InChI=1S/C36H48BrFN10O3S/c1-40-23-25(22-39)28-20-31(34(51-3)21-33(28)48-13-10-26(11-14-48)47-18-16-46(15-12-38)17-19-47)43-36-41-24-29(37)35(44-36)42-30-6-4-5-7-32(30)45(2)52(49,50)27-8-9-27/h4-7,20-24,26-27,39-40H,8-19H2,1-3H3,(H2,41,42,43,44)/b25-23+,39-22?. The monoisotopic (exact) mass is 798 g/mol. The minimum Gasteiger partial charge on any atom is -0.494 e. The Morgan fingerprint density at radius 2 is 1.81 bits per heavy atom. The van der Waals surface area contributed by atoms with Crippen LogP contribution < -0.4 is 29.9 Å². The minimum absolute atomic E-state index is 0.292. The van der Waals surface area contributed by atoms with Crippen LogP contribution in [0.1, 0.15) is 31.2 Å². The summed E-state index contributed by atoms with van der Waals surface area (Å²) in [7, 11) is 1.55. The van der Waals surface area contributed by atoms with Crippen molar-refractivity contribution in [2.24, 2.45) is 0 Å². The first-order valence-corrected chi connectivity index (χ1v) is 20.0. The fraction of sp³-hybridized carbons (Fsp3) is 0.472. The summed E-state index contributed by atoms with van der Waals surface area (Å²) in [4.78, 5) is 16.4. The number of hydrogen-bond acceptors (Lipinski definition) is 12. The largest absolute Gasteiger partial charge is 0.494 e. The average molecular weight is 800 g/mol. The van der Waals surface area contributed by atoms with E-state index in [9.17, 15) is 12.8 Å². The van der Waals surface area contributed by atoms with Gasteiger partial charge in [0.15, 0.2) is 0 Å². The van der Waals surface area contributed by atoms with Crippen molar-refractivity contribution in [1.82, 2.24) is 25.1 Å². The van der Waals surface area contributed by atoms with Gasteiger partial charge in [-0.05, 0) is 59.8 Å². The van der Waals surface area contributed by atoms with Crippen molar-refractivity contribution < 1.29 is 17.5 Å². The second-order valence-corrected chi connectivity index (χ2v) is 16.4. The van der Waals surface area contributed by atoms with Crippen LogP contribution in [0.2, 0.25) is 0 Å². The molecule has 1 saturated carbocycles. The Hall–Kier alpha value is -3.99. The summed E-state index contributed by atoms with van der Waals surface area (Å²) in [5, 5.41) is 17.6. The van der Waals surface area contributed by atoms with E-state index < -0.39 is 10.0 Å². The van der Waals surface area contributed by atoms with Crippen molar-refractivity contribution in [1.29, 1.82) is 5.41 Å². The van der Waals surface area contributed by atoms with Gasteiger partial charge in [-0.2, -0.15) is 4.98 Å². The molecule has 0 atom stereocenters. The summed E-state index contributed by atoms with van der Waals surface area (Å²) >= 11 is 3.55. The number of aromatic nitrogens is 2. The quantitative estimate of drug-likeness (QED) is 0.146. The molecular formula is C36H48BrFN10O3S. The lowest BCUT2D eigenvalue weighted by atomic mass is 9.98. The maximum absolute atomic E-state index is 13.1. The molecule has 1 aliphatic carbocycles. The Balaban J connectivity index is 1.24. The van der Waals surface area contributed by atoms with E-state index in [2.05, 4.69) is 51.6 Å². The molecule has 2 saturated heterocycles. The SMILES string of the molecule is CN/C=C(\C=N)c1cc(Nc2ncc(Br)c(Nc3ccccc3N(C)S(=O)(=O)C3CC3)n2)c(OC)cc1N1CCC(N2CCN(CCF)CC2)CC1. The topological polar surface area (TPSA) is 142 Å². The first kappa shape index (κ1) is 37.8. The molecule has 0 spiro atoms. The second-order valence-electron chi connectivity index (χ2n) is 13.3. The molecule has 3 aliphatic rings. The third-order valence-corrected chi connectivity index (χ3v) is 12.9. The Morgan fingerprint density at radius 1 is 1.08 bits per heavy atom. The normalized spacial score (nSPS) is 17.9. The predicted octanol–water partition coefficient (Wildman–Crippen LogP) is 5.43. The second kappa shape index (κ2) is 16.8. The molecule has 3 heterocycles. The summed E-state index contributed by atoms with van der Waals surface area (Å²) < 4.78 is 46.8. The fourth-order valence-corrected chi connectivity index (χ4v) is 8.87. The van der Waals surface area contributed by atoms with Crippen molar-refractivity contribution in [3.63, 3.8) is 0 Å². The lowest BCUT2D eigenvalue weighted by Gasteiger charge is -2.43. The summed E-state index contributed by atoms with van der Waals surface area (Å²) in [5.74, 6) is 1.33. The number of methoxy groups -OCH3 is 1. The lowest BCUT2D eigenvalue weighted by molar-refractivity contribution is 0.0816. The Bertz CT molecular complexity index is 1860. The van der Waals surface area contributed by atoms with Gasteiger partial charge >= 0.3 is 0 Å². The number of benzene rings is 2. The van der Waals surface area contributed by atoms with Gasteiger partial charge in [0.1, 0.15) is 18.2 Å². The number of sulfonamides is 1. The summed E-state index contributed by atoms with van der Waals surface area (Å²) in [6.45, 7) is 5.68. The molecule has 6 rings (SSSR count). The molecule has 52 heavy (non-hydrogen) atoms. The van der Waals surface area contributed by atoms with Gasteiger partial charge < -0.3 is 31.0 Å². The van der Waals surface area contributed by atoms with Crippen molar-refractivity contribution >= 4 is 72.3 Å². The van der Waals surface area contributed by atoms with Crippen LogP contribution in [0.15, 0.2) is 53.3 Å². The third kappa shape index (κ3) is 8.45. The molecule has 3 aromatic rings.